The van der Waals surface area contributed by atoms with Crippen molar-refractivity contribution in [3.63, 3.8) is 0 Å². The van der Waals surface area contributed by atoms with Crippen molar-refractivity contribution < 1.29 is 22.0 Å². The molecule has 3 rings (SSSR count). The smallest absolute Gasteiger partial charge is 0.254 e. The van der Waals surface area contributed by atoms with Crippen LogP contribution in [0, 0.1) is 23.0 Å². The van der Waals surface area contributed by atoms with E-state index in [4.69, 9.17) is 5.26 Å². The van der Waals surface area contributed by atoms with E-state index in [0.29, 0.717) is 16.7 Å². The minimum absolute atomic E-state index is 0.0260. The molecule has 0 atom stereocenters. The number of amides is 1. The number of carbonyl (C=O) groups is 1. The molecular formula is C24H21F2N3O3S. The Morgan fingerprint density at radius 3 is 2.21 bits per heavy atom. The van der Waals surface area contributed by atoms with Crippen LogP contribution in [0.1, 0.15) is 27.0 Å². The molecule has 0 aliphatic heterocycles. The lowest BCUT2D eigenvalue weighted by molar-refractivity contribution is 0.0729. The van der Waals surface area contributed by atoms with Crippen LogP contribution in [0.3, 0.4) is 0 Å². The first kappa shape index (κ1) is 24.0. The third-order valence-corrected chi connectivity index (χ3v) is 6.77. The lowest BCUT2D eigenvalue weighted by Gasteiger charge is -2.24. The maximum Gasteiger partial charge on any atom is 0.254 e. The van der Waals surface area contributed by atoms with Gasteiger partial charge in [0.1, 0.15) is 16.5 Å². The average molecular weight is 470 g/mol. The fraction of sp³-hybridized carbons (Fsp3) is 0.167. The molecule has 3 aromatic carbocycles. The maximum absolute atomic E-state index is 14.3. The van der Waals surface area contributed by atoms with E-state index in [0.717, 1.165) is 16.4 Å². The van der Waals surface area contributed by atoms with E-state index in [1.54, 1.807) is 30.3 Å². The van der Waals surface area contributed by atoms with Crippen LogP contribution in [-0.4, -0.2) is 37.6 Å². The van der Waals surface area contributed by atoms with E-state index < -0.39 is 32.5 Å². The monoisotopic (exact) mass is 469 g/mol. The highest BCUT2D eigenvalue weighted by Crippen LogP contribution is 2.22. The number of carbonyl (C=O) groups excluding carboxylic acids is 1. The highest BCUT2D eigenvalue weighted by molar-refractivity contribution is 7.89. The van der Waals surface area contributed by atoms with E-state index >= 15 is 0 Å². The van der Waals surface area contributed by atoms with Crippen LogP contribution in [0.4, 0.5) is 8.78 Å². The molecule has 0 fully saturated rings. The van der Waals surface area contributed by atoms with Gasteiger partial charge in [-0.25, -0.2) is 21.5 Å². The van der Waals surface area contributed by atoms with Gasteiger partial charge in [0.15, 0.2) is 0 Å². The Bertz CT molecular complexity index is 1320. The second-order valence-electron chi connectivity index (χ2n) is 7.53. The number of nitriles is 1. The number of nitrogens with zero attached hydrogens (tertiary/aromatic N) is 3. The summed E-state index contributed by atoms with van der Waals surface area (Å²) >= 11 is 0. The van der Waals surface area contributed by atoms with E-state index in [1.165, 1.54) is 43.3 Å². The van der Waals surface area contributed by atoms with Gasteiger partial charge in [-0.2, -0.15) is 5.26 Å². The van der Waals surface area contributed by atoms with E-state index in [-0.39, 0.29) is 18.7 Å². The highest BCUT2D eigenvalue weighted by atomic mass is 32.2. The SMILES string of the molecule is CN(C)S(=O)(=O)c1cc(C(=O)N(Cc2ccc(C#N)cc2)Cc2cccc(F)c2)ccc1F. The zero-order chi connectivity index (χ0) is 24.2. The second kappa shape index (κ2) is 9.90. The molecule has 1 amide bonds. The van der Waals surface area contributed by atoms with Crippen molar-refractivity contribution in [1.29, 1.82) is 5.26 Å². The molecule has 0 aromatic heterocycles. The summed E-state index contributed by atoms with van der Waals surface area (Å²) in [7, 11) is -1.58. The maximum atomic E-state index is 14.3. The van der Waals surface area contributed by atoms with Crippen LogP contribution in [0.2, 0.25) is 0 Å². The summed E-state index contributed by atoms with van der Waals surface area (Å²) in [6.45, 7) is 0.137. The minimum Gasteiger partial charge on any atom is -0.330 e. The van der Waals surface area contributed by atoms with E-state index in [2.05, 4.69) is 0 Å². The topological polar surface area (TPSA) is 81.5 Å². The number of hydrogen-bond donors (Lipinski definition) is 0. The number of rotatable bonds is 7. The standard InChI is InChI=1S/C24H21F2N3O3S/c1-28(2)33(31,32)23-13-20(10-11-22(23)26)24(30)29(16-19-4-3-5-21(25)12-19)15-18-8-6-17(14-27)7-9-18/h3-13H,15-16H2,1-2H3. The normalized spacial score (nSPS) is 11.3. The van der Waals surface area contributed by atoms with Gasteiger partial charge in [-0.15, -0.1) is 0 Å². The third-order valence-electron chi connectivity index (χ3n) is 4.94. The lowest BCUT2D eigenvalue weighted by atomic mass is 10.1. The molecule has 0 saturated heterocycles. The van der Waals surface area contributed by atoms with Gasteiger partial charge in [0.2, 0.25) is 10.0 Å². The van der Waals surface area contributed by atoms with Crippen LogP contribution >= 0.6 is 0 Å². The molecule has 3 aromatic rings. The first-order valence-corrected chi connectivity index (χ1v) is 11.3. The zero-order valence-corrected chi connectivity index (χ0v) is 18.8. The van der Waals surface area contributed by atoms with Crippen molar-refractivity contribution >= 4 is 15.9 Å². The Morgan fingerprint density at radius 2 is 1.61 bits per heavy atom. The largest absolute Gasteiger partial charge is 0.330 e. The van der Waals surface area contributed by atoms with Crippen LogP contribution in [0.15, 0.2) is 71.6 Å². The van der Waals surface area contributed by atoms with Crippen LogP contribution < -0.4 is 0 Å². The van der Waals surface area contributed by atoms with Crippen molar-refractivity contribution in [2.24, 2.45) is 0 Å². The predicted octanol–water partition coefficient (Wildman–Crippen LogP) is 3.93. The van der Waals surface area contributed by atoms with Crippen molar-refractivity contribution in [2.75, 3.05) is 14.1 Å². The predicted molar refractivity (Wildman–Crippen MR) is 118 cm³/mol. The van der Waals surface area contributed by atoms with Crippen LogP contribution in [-0.2, 0) is 23.1 Å². The molecule has 0 heterocycles. The molecule has 0 unspecified atom stereocenters. The van der Waals surface area contributed by atoms with E-state index in [9.17, 15) is 22.0 Å². The van der Waals surface area contributed by atoms with Crippen molar-refractivity contribution in [2.45, 2.75) is 18.0 Å². The zero-order valence-electron chi connectivity index (χ0n) is 18.0. The fourth-order valence-corrected chi connectivity index (χ4v) is 4.16. The van der Waals surface area contributed by atoms with Gasteiger partial charge in [-0.3, -0.25) is 4.79 Å². The average Bonchev–Trinajstić information content (AvgIpc) is 2.79. The summed E-state index contributed by atoms with van der Waals surface area (Å²) in [6.07, 6.45) is 0. The number of halogens is 2. The molecule has 0 N–H and O–H groups in total. The Balaban J connectivity index is 2.00. The van der Waals surface area contributed by atoms with Gasteiger partial charge in [0.05, 0.1) is 11.6 Å². The molecule has 0 spiro atoms. The molecule has 0 aliphatic rings. The molecule has 0 saturated carbocycles. The van der Waals surface area contributed by atoms with Crippen molar-refractivity contribution in [3.8, 4) is 6.07 Å². The molecule has 33 heavy (non-hydrogen) atoms. The van der Waals surface area contributed by atoms with Crippen molar-refractivity contribution in [3.05, 3.63) is 101 Å². The second-order valence-corrected chi connectivity index (χ2v) is 9.65. The van der Waals surface area contributed by atoms with Gasteiger partial charge in [-0.1, -0.05) is 24.3 Å². The van der Waals surface area contributed by atoms with Crippen LogP contribution in [0.25, 0.3) is 0 Å². The Kier molecular flexibility index (Phi) is 7.21. The van der Waals surface area contributed by atoms with E-state index in [1.807, 2.05) is 6.07 Å². The summed E-state index contributed by atoms with van der Waals surface area (Å²) in [5.74, 6) is -1.98. The Labute approximate surface area is 191 Å². The summed E-state index contributed by atoms with van der Waals surface area (Å²) in [5.41, 5.74) is 1.67. The summed E-state index contributed by atoms with van der Waals surface area (Å²) in [5, 5.41) is 8.99. The third kappa shape index (κ3) is 5.61. The summed E-state index contributed by atoms with van der Waals surface area (Å²) in [6, 6.07) is 17.5. The number of hydrogen-bond acceptors (Lipinski definition) is 4. The molecule has 0 bridgehead atoms. The Hall–Kier alpha value is -3.61. The lowest BCUT2D eigenvalue weighted by Crippen LogP contribution is -2.31. The number of sulfonamides is 1. The van der Waals surface area contributed by atoms with Gasteiger partial charge in [0, 0.05) is 32.7 Å². The van der Waals surface area contributed by atoms with Gasteiger partial charge >= 0.3 is 0 Å². The molecule has 9 heteroatoms. The van der Waals surface area contributed by atoms with Gasteiger partial charge in [-0.05, 0) is 53.6 Å². The van der Waals surface area contributed by atoms with Gasteiger partial charge in [0.25, 0.3) is 5.91 Å². The van der Waals surface area contributed by atoms with Crippen molar-refractivity contribution in [1.82, 2.24) is 9.21 Å². The first-order chi connectivity index (χ1) is 15.6. The summed E-state index contributed by atoms with van der Waals surface area (Å²) < 4.78 is 53.8. The Morgan fingerprint density at radius 1 is 0.939 bits per heavy atom. The summed E-state index contributed by atoms with van der Waals surface area (Å²) in [4.78, 5) is 14.2. The van der Waals surface area contributed by atoms with Gasteiger partial charge < -0.3 is 4.90 Å². The molecular weight excluding hydrogens is 448 g/mol. The quantitative estimate of drug-likeness (QED) is 0.525. The fourth-order valence-electron chi connectivity index (χ4n) is 3.17. The van der Waals surface area contributed by atoms with Crippen LogP contribution in [0.5, 0.6) is 0 Å². The minimum atomic E-state index is -4.11. The molecule has 0 radical (unpaired) electrons. The number of benzene rings is 3. The molecule has 170 valence electrons. The molecule has 6 nitrogen and oxygen atoms in total. The molecule has 0 aliphatic carbocycles. The first-order valence-electron chi connectivity index (χ1n) is 9.86. The highest BCUT2D eigenvalue weighted by Gasteiger charge is 2.25.